The third-order valence-corrected chi connectivity index (χ3v) is 8.26. The molecule has 1 aliphatic rings. The summed E-state index contributed by atoms with van der Waals surface area (Å²) in [7, 11) is -0.508. The third-order valence-electron chi connectivity index (χ3n) is 6.68. The number of furan rings is 1. The van der Waals surface area contributed by atoms with Crippen LogP contribution in [0.5, 0.6) is 11.6 Å². The molecule has 3 heterocycles. The molecule has 0 radical (unpaired) electrons. The van der Waals surface area contributed by atoms with Crippen LogP contribution in [0.1, 0.15) is 18.4 Å². The van der Waals surface area contributed by atoms with Gasteiger partial charge in [0.15, 0.2) is 0 Å². The Kier molecular flexibility index (Phi) is 6.64. The van der Waals surface area contributed by atoms with Crippen LogP contribution in [0.2, 0.25) is 0 Å². The Hall–Kier alpha value is -3.14. The molecule has 4 aromatic rings. The fourth-order valence-corrected chi connectivity index (χ4v) is 6.30. The van der Waals surface area contributed by atoms with Gasteiger partial charge in [-0.25, -0.2) is 18.1 Å². The van der Waals surface area contributed by atoms with Crippen LogP contribution in [0.15, 0.2) is 64.2 Å². The summed E-state index contributed by atoms with van der Waals surface area (Å²) in [6.07, 6.45) is 5.79. The number of piperidine rings is 1. The van der Waals surface area contributed by atoms with Gasteiger partial charge in [0.1, 0.15) is 11.3 Å². The van der Waals surface area contributed by atoms with Crippen molar-refractivity contribution in [3.8, 4) is 11.6 Å². The van der Waals surface area contributed by atoms with Crippen LogP contribution < -0.4 is 14.2 Å². The molecule has 0 atom stereocenters. The molecule has 5 rings (SSSR count). The summed E-state index contributed by atoms with van der Waals surface area (Å²) < 4.78 is 45.7. The monoisotopic (exact) mass is 495 g/mol. The Morgan fingerprint density at radius 3 is 2.66 bits per heavy atom. The molecule has 1 N–H and O–H groups in total. The highest BCUT2D eigenvalue weighted by molar-refractivity contribution is 7.89. The van der Waals surface area contributed by atoms with E-state index in [0.29, 0.717) is 16.7 Å². The van der Waals surface area contributed by atoms with Crippen molar-refractivity contribution in [2.45, 2.75) is 30.2 Å². The Bertz CT molecular complexity index is 1440. The van der Waals surface area contributed by atoms with Crippen LogP contribution in [-0.4, -0.2) is 58.2 Å². The second-order valence-electron chi connectivity index (χ2n) is 8.78. The average Bonchev–Trinajstić information content (AvgIpc) is 3.29. The maximum atomic E-state index is 13.2. The Labute approximate surface area is 204 Å². The van der Waals surface area contributed by atoms with Gasteiger partial charge in [0, 0.05) is 41.0 Å². The van der Waals surface area contributed by atoms with E-state index in [1.807, 2.05) is 30.5 Å². The molecular formula is C26H29N3O5S. The quantitative estimate of drug-likeness (QED) is 0.395. The highest BCUT2D eigenvalue weighted by Gasteiger charge is 2.26. The molecule has 0 amide bonds. The van der Waals surface area contributed by atoms with Crippen LogP contribution in [0.4, 0.5) is 0 Å². The van der Waals surface area contributed by atoms with Crippen molar-refractivity contribution in [3.63, 3.8) is 0 Å². The molecule has 0 aliphatic carbocycles. The Morgan fingerprint density at radius 1 is 1.06 bits per heavy atom. The first kappa shape index (κ1) is 23.6. The van der Waals surface area contributed by atoms with Gasteiger partial charge in [-0.05, 0) is 68.2 Å². The molecule has 0 spiro atoms. The van der Waals surface area contributed by atoms with Gasteiger partial charge in [-0.15, -0.1) is 0 Å². The number of rotatable bonds is 8. The van der Waals surface area contributed by atoms with Crippen molar-refractivity contribution < 1.29 is 22.3 Å². The number of likely N-dealkylation sites (tertiary alicyclic amines) is 1. The van der Waals surface area contributed by atoms with Crippen LogP contribution in [0.25, 0.3) is 21.7 Å². The van der Waals surface area contributed by atoms with Crippen molar-refractivity contribution >= 4 is 31.8 Å². The van der Waals surface area contributed by atoms with Crippen molar-refractivity contribution in [1.82, 2.24) is 14.6 Å². The number of pyridine rings is 1. The fourth-order valence-electron chi connectivity index (χ4n) is 4.77. The van der Waals surface area contributed by atoms with Crippen molar-refractivity contribution in [2.75, 3.05) is 33.9 Å². The largest absolute Gasteiger partial charge is 0.497 e. The van der Waals surface area contributed by atoms with E-state index in [1.54, 1.807) is 31.5 Å². The van der Waals surface area contributed by atoms with E-state index >= 15 is 0 Å². The van der Waals surface area contributed by atoms with Gasteiger partial charge in [0.2, 0.25) is 15.9 Å². The minimum atomic E-state index is -3.68. The number of benzene rings is 2. The summed E-state index contributed by atoms with van der Waals surface area (Å²) in [5.41, 5.74) is 2.00. The molecular weight excluding hydrogens is 466 g/mol. The minimum absolute atomic E-state index is 0.0996. The molecule has 184 valence electrons. The van der Waals surface area contributed by atoms with Crippen molar-refractivity contribution in [1.29, 1.82) is 0 Å². The first-order valence-corrected chi connectivity index (χ1v) is 13.2. The predicted molar refractivity (Wildman–Crippen MR) is 135 cm³/mol. The van der Waals surface area contributed by atoms with Crippen LogP contribution >= 0.6 is 0 Å². The van der Waals surface area contributed by atoms with E-state index in [4.69, 9.17) is 13.9 Å². The standard InChI is InChI=1S/C26H29N3O5S/c1-32-20-6-7-21-18(17-34-24(21)16-20)9-13-29-14-10-19(11-15-29)28-35(30,31)25-5-3-4-23-22(25)8-12-27-26(23)33-2/h3-8,12,16-17,19,28H,9-11,13-15H2,1-2H3. The van der Waals surface area contributed by atoms with Crippen molar-refractivity contribution in [2.24, 2.45) is 0 Å². The van der Waals surface area contributed by atoms with E-state index in [9.17, 15) is 8.42 Å². The lowest BCUT2D eigenvalue weighted by Crippen LogP contribution is -2.45. The van der Waals surface area contributed by atoms with Gasteiger partial charge in [0.25, 0.3) is 0 Å². The number of aromatic nitrogens is 1. The van der Waals surface area contributed by atoms with E-state index in [0.717, 1.165) is 55.6 Å². The van der Waals surface area contributed by atoms with Crippen LogP contribution in [0, 0.1) is 0 Å². The SMILES string of the molecule is COc1ccc2c(CCN3CCC(NS(=O)(=O)c4cccc5c(OC)nccc45)CC3)coc2c1. The van der Waals surface area contributed by atoms with Crippen LogP contribution in [0.3, 0.4) is 0 Å². The Morgan fingerprint density at radius 2 is 1.89 bits per heavy atom. The van der Waals surface area contributed by atoms with Gasteiger partial charge < -0.3 is 18.8 Å². The lowest BCUT2D eigenvalue weighted by molar-refractivity contribution is 0.209. The molecule has 35 heavy (non-hydrogen) atoms. The zero-order valence-electron chi connectivity index (χ0n) is 19.9. The number of hydrogen-bond donors (Lipinski definition) is 1. The van der Waals surface area contributed by atoms with Gasteiger partial charge in [-0.1, -0.05) is 6.07 Å². The first-order valence-electron chi connectivity index (χ1n) is 11.7. The molecule has 0 saturated carbocycles. The predicted octanol–water partition coefficient (Wildman–Crippen LogP) is 3.98. The minimum Gasteiger partial charge on any atom is -0.497 e. The van der Waals surface area contributed by atoms with Crippen LogP contribution in [-0.2, 0) is 16.4 Å². The molecule has 0 bridgehead atoms. The highest BCUT2D eigenvalue weighted by Crippen LogP contribution is 2.29. The van der Waals surface area contributed by atoms with E-state index in [-0.39, 0.29) is 10.9 Å². The number of nitrogens with one attached hydrogen (secondary N) is 1. The molecule has 8 nitrogen and oxygen atoms in total. The summed E-state index contributed by atoms with van der Waals surface area (Å²) in [5, 5.41) is 2.39. The molecule has 2 aromatic heterocycles. The molecule has 1 saturated heterocycles. The zero-order chi connectivity index (χ0) is 24.4. The summed E-state index contributed by atoms with van der Waals surface area (Å²) in [5.74, 6) is 1.19. The second-order valence-corrected chi connectivity index (χ2v) is 10.5. The highest BCUT2D eigenvalue weighted by atomic mass is 32.2. The van der Waals surface area contributed by atoms with Gasteiger partial charge in [0.05, 0.1) is 25.4 Å². The number of methoxy groups -OCH3 is 2. The van der Waals surface area contributed by atoms with E-state index < -0.39 is 10.0 Å². The maximum absolute atomic E-state index is 13.2. The molecule has 9 heteroatoms. The average molecular weight is 496 g/mol. The molecule has 1 fully saturated rings. The van der Waals surface area contributed by atoms with E-state index in [2.05, 4.69) is 14.6 Å². The molecule has 1 aliphatic heterocycles. The smallest absolute Gasteiger partial charge is 0.241 e. The van der Waals surface area contributed by atoms with Gasteiger partial charge in [-0.2, -0.15) is 0 Å². The fraction of sp³-hybridized carbons (Fsp3) is 0.346. The number of nitrogens with zero attached hydrogens (tertiary/aromatic N) is 2. The molecule has 2 aromatic carbocycles. The van der Waals surface area contributed by atoms with E-state index in [1.165, 1.54) is 12.7 Å². The number of fused-ring (bicyclic) bond motifs is 2. The van der Waals surface area contributed by atoms with Gasteiger partial charge >= 0.3 is 0 Å². The van der Waals surface area contributed by atoms with Gasteiger partial charge in [-0.3, -0.25) is 0 Å². The summed E-state index contributed by atoms with van der Waals surface area (Å²) in [4.78, 5) is 6.81. The summed E-state index contributed by atoms with van der Waals surface area (Å²) >= 11 is 0. The zero-order valence-corrected chi connectivity index (χ0v) is 20.7. The summed E-state index contributed by atoms with van der Waals surface area (Å²) in [6.45, 7) is 2.57. The number of sulfonamides is 1. The Balaban J connectivity index is 1.20. The lowest BCUT2D eigenvalue weighted by Gasteiger charge is -2.32. The lowest BCUT2D eigenvalue weighted by atomic mass is 10.0. The number of hydrogen-bond acceptors (Lipinski definition) is 7. The normalized spacial score (nSPS) is 15.6. The van der Waals surface area contributed by atoms with Crippen molar-refractivity contribution in [3.05, 3.63) is 60.5 Å². The molecule has 0 unspecified atom stereocenters. The first-order chi connectivity index (χ1) is 17.0. The maximum Gasteiger partial charge on any atom is 0.241 e. The topological polar surface area (TPSA) is 93.9 Å². The summed E-state index contributed by atoms with van der Waals surface area (Å²) in [6, 6.07) is 12.7. The number of ether oxygens (including phenoxy) is 2. The third kappa shape index (κ3) is 4.84. The second kappa shape index (κ2) is 9.85.